The number of hydrogen-bond donors (Lipinski definition) is 1. The molecule has 16 heavy (non-hydrogen) atoms. The molecule has 82 valence electrons. The van der Waals surface area contributed by atoms with Crippen LogP contribution < -0.4 is 5.32 Å². The largest absolute Gasteiger partial charge is 0.373 e. The lowest BCUT2D eigenvalue weighted by Crippen LogP contribution is -2.39. The summed E-state index contributed by atoms with van der Waals surface area (Å²) >= 11 is 0. The number of anilines is 1. The second kappa shape index (κ2) is 4.28. The molecule has 0 aliphatic carbocycles. The highest BCUT2D eigenvalue weighted by molar-refractivity contribution is 5.87. The normalized spacial score (nSPS) is 17.1. The summed E-state index contributed by atoms with van der Waals surface area (Å²) in [6.07, 6.45) is 5.93. The zero-order valence-electron chi connectivity index (χ0n) is 9.23. The molecule has 2 rings (SSSR count). The van der Waals surface area contributed by atoms with Crippen molar-refractivity contribution >= 4 is 11.6 Å². The van der Waals surface area contributed by atoms with E-state index in [1.54, 1.807) is 11.9 Å². The van der Waals surface area contributed by atoms with Crippen LogP contribution in [0.25, 0.3) is 0 Å². The Balaban J connectivity index is 2.07. The molecule has 1 N–H and O–H groups in total. The summed E-state index contributed by atoms with van der Waals surface area (Å²) in [5, 5.41) is 3.21. The van der Waals surface area contributed by atoms with E-state index in [-0.39, 0.29) is 11.9 Å². The number of nitrogens with one attached hydrogen (secondary N) is 1. The number of amides is 1. The van der Waals surface area contributed by atoms with E-state index < -0.39 is 0 Å². The number of fused-ring (bicyclic) bond motifs is 1. The SMILES string of the molecule is C#CCN(C)C(=O)[C@@H]1Cc2ccccc2N1. The van der Waals surface area contributed by atoms with E-state index >= 15 is 0 Å². The molecule has 0 unspecified atom stereocenters. The first-order valence-corrected chi connectivity index (χ1v) is 5.25. The van der Waals surface area contributed by atoms with Gasteiger partial charge in [0, 0.05) is 19.2 Å². The number of para-hydroxylation sites is 1. The topological polar surface area (TPSA) is 32.3 Å². The maximum Gasteiger partial charge on any atom is 0.245 e. The minimum Gasteiger partial charge on any atom is -0.373 e. The van der Waals surface area contributed by atoms with E-state index in [2.05, 4.69) is 11.2 Å². The highest BCUT2D eigenvalue weighted by Gasteiger charge is 2.28. The van der Waals surface area contributed by atoms with Gasteiger partial charge in [-0.05, 0) is 11.6 Å². The summed E-state index contributed by atoms with van der Waals surface area (Å²) in [7, 11) is 1.73. The van der Waals surface area contributed by atoms with E-state index in [0.717, 1.165) is 12.1 Å². The Kier molecular flexibility index (Phi) is 2.82. The Bertz CT molecular complexity index is 422. The van der Waals surface area contributed by atoms with Gasteiger partial charge in [-0.3, -0.25) is 4.79 Å². The van der Waals surface area contributed by atoms with E-state index in [1.807, 2.05) is 24.3 Å². The summed E-state index contributed by atoms with van der Waals surface area (Å²) in [5.74, 6) is 2.52. The molecule has 0 saturated carbocycles. The monoisotopic (exact) mass is 214 g/mol. The van der Waals surface area contributed by atoms with Crippen LogP contribution in [-0.2, 0) is 11.2 Å². The van der Waals surface area contributed by atoms with Gasteiger partial charge in [0.05, 0.1) is 6.54 Å². The van der Waals surface area contributed by atoms with Gasteiger partial charge in [-0.25, -0.2) is 0 Å². The van der Waals surface area contributed by atoms with Crippen molar-refractivity contribution in [2.75, 3.05) is 18.9 Å². The molecule has 0 aromatic heterocycles. The van der Waals surface area contributed by atoms with Gasteiger partial charge in [-0.1, -0.05) is 24.1 Å². The van der Waals surface area contributed by atoms with Gasteiger partial charge in [0.25, 0.3) is 0 Å². The first-order chi connectivity index (χ1) is 7.72. The third-order valence-corrected chi connectivity index (χ3v) is 2.77. The maximum atomic E-state index is 12.0. The predicted molar refractivity (Wildman–Crippen MR) is 64.0 cm³/mol. The molecule has 1 heterocycles. The van der Waals surface area contributed by atoms with Crippen molar-refractivity contribution in [1.82, 2.24) is 4.90 Å². The van der Waals surface area contributed by atoms with Crippen LogP contribution in [0, 0.1) is 12.3 Å². The van der Waals surface area contributed by atoms with Crippen molar-refractivity contribution in [1.29, 1.82) is 0 Å². The number of carbonyl (C=O) groups excluding carboxylic acids is 1. The summed E-state index contributed by atoms with van der Waals surface area (Å²) in [6, 6.07) is 7.80. The average molecular weight is 214 g/mol. The maximum absolute atomic E-state index is 12.0. The van der Waals surface area contributed by atoms with Crippen molar-refractivity contribution in [3.05, 3.63) is 29.8 Å². The molecule has 1 atom stereocenters. The van der Waals surface area contributed by atoms with Crippen LogP contribution in [-0.4, -0.2) is 30.4 Å². The molecule has 0 saturated heterocycles. The van der Waals surface area contributed by atoms with Gasteiger partial charge < -0.3 is 10.2 Å². The molecule has 1 aromatic carbocycles. The minimum atomic E-state index is -0.171. The van der Waals surface area contributed by atoms with Crippen molar-refractivity contribution in [3.63, 3.8) is 0 Å². The third-order valence-electron chi connectivity index (χ3n) is 2.77. The molecule has 0 fully saturated rings. The number of likely N-dealkylation sites (N-methyl/N-ethyl adjacent to an activating group) is 1. The lowest BCUT2D eigenvalue weighted by Gasteiger charge is -2.18. The van der Waals surface area contributed by atoms with E-state index in [0.29, 0.717) is 6.54 Å². The zero-order valence-corrected chi connectivity index (χ0v) is 9.23. The predicted octanol–water partition coefficient (Wildman–Crippen LogP) is 1.11. The summed E-state index contributed by atoms with van der Waals surface area (Å²) in [4.78, 5) is 13.5. The van der Waals surface area contributed by atoms with Crippen LogP contribution in [0.15, 0.2) is 24.3 Å². The first-order valence-electron chi connectivity index (χ1n) is 5.25. The number of hydrogen-bond acceptors (Lipinski definition) is 2. The Labute approximate surface area is 95.5 Å². The smallest absolute Gasteiger partial charge is 0.245 e. The van der Waals surface area contributed by atoms with Gasteiger partial charge in [0.2, 0.25) is 5.91 Å². The number of carbonyl (C=O) groups is 1. The van der Waals surface area contributed by atoms with Crippen molar-refractivity contribution in [3.8, 4) is 12.3 Å². The standard InChI is InChI=1S/C13H14N2O/c1-3-8-15(2)13(16)12-9-10-6-4-5-7-11(10)14-12/h1,4-7,12,14H,8-9H2,2H3/t12-/m0/s1. The van der Waals surface area contributed by atoms with Crippen LogP contribution >= 0.6 is 0 Å². The number of rotatable bonds is 2. The highest BCUT2D eigenvalue weighted by atomic mass is 16.2. The van der Waals surface area contributed by atoms with Gasteiger partial charge in [-0.15, -0.1) is 6.42 Å². The first kappa shape index (κ1) is 10.6. The molecule has 3 nitrogen and oxygen atoms in total. The molecule has 3 heteroatoms. The Hall–Kier alpha value is -1.95. The number of terminal acetylenes is 1. The molecule has 0 spiro atoms. The lowest BCUT2D eigenvalue weighted by atomic mass is 10.1. The zero-order chi connectivity index (χ0) is 11.5. The Morgan fingerprint density at radius 2 is 2.38 bits per heavy atom. The van der Waals surface area contributed by atoms with Gasteiger partial charge in [0.15, 0.2) is 0 Å². The average Bonchev–Trinajstić information content (AvgIpc) is 2.71. The van der Waals surface area contributed by atoms with Crippen molar-refractivity contribution < 1.29 is 4.79 Å². The van der Waals surface area contributed by atoms with Crippen LogP contribution in [0.5, 0.6) is 0 Å². The van der Waals surface area contributed by atoms with E-state index in [4.69, 9.17) is 6.42 Å². The molecule has 0 radical (unpaired) electrons. The fourth-order valence-electron chi connectivity index (χ4n) is 1.93. The number of benzene rings is 1. The summed E-state index contributed by atoms with van der Waals surface area (Å²) < 4.78 is 0. The van der Waals surface area contributed by atoms with E-state index in [1.165, 1.54) is 5.56 Å². The van der Waals surface area contributed by atoms with Gasteiger partial charge in [-0.2, -0.15) is 0 Å². The minimum absolute atomic E-state index is 0.0501. The molecule has 1 aromatic rings. The highest BCUT2D eigenvalue weighted by Crippen LogP contribution is 2.25. The van der Waals surface area contributed by atoms with Gasteiger partial charge in [0.1, 0.15) is 6.04 Å². The van der Waals surface area contributed by atoms with Crippen LogP contribution in [0.4, 0.5) is 5.69 Å². The van der Waals surface area contributed by atoms with Crippen LogP contribution in [0.3, 0.4) is 0 Å². The second-order valence-electron chi connectivity index (χ2n) is 3.96. The summed E-state index contributed by atoms with van der Waals surface area (Å²) in [5.41, 5.74) is 2.24. The Morgan fingerprint density at radius 3 is 3.06 bits per heavy atom. The van der Waals surface area contributed by atoms with Crippen LogP contribution in [0.1, 0.15) is 5.56 Å². The Morgan fingerprint density at radius 1 is 1.62 bits per heavy atom. The molecule has 1 aliphatic heterocycles. The molecule has 1 aliphatic rings. The molecular formula is C13H14N2O. The molecule has 1 amide bonds. The third kappa shape index (κ3) is 1.87. The fourth-order valence-corrected chi connectivity index (χ4v) is 1.93. The van der Waals surface area contributed by atoms with Crippen molar-refractivity contribution in [2.45, 2.75) is 12.5 Å². The summed E-state index contributed by atoms with van der Waals surface area (Å²) in [6.45, 7) is 0.355. The van der Waals surface area contributed by atoms with Gasteiger partial charge >= 0.3 is 0 Å². The lowest BCUT2D eigenvalue weighted by molar-refractivity contribution is -0.129. The van der Waals surface area contributed by atoms with Crippen LogP contribution in [0.2, 0.25) is 0 Å². The quantitative estimate of drug-likeness (QED) is 0.748. The van der Waals surface area contributed by atoms with Crippen molar-refractivity contribution in [2.24, 2.45) is 0 Å². The molecular weight excluding hydrogens is 200 g/mol. The second-order valence-corrected chi connectivity index (χ2v) is 3.96. The molecule has 0 bridgehead atoms. The number of nitrogens with zero attached hydrogens (tertiary/aromatic N) is 1. The fraction of sp³-hybridized carbons (Fsp3) is 0.308. The van der Waals surface area contributed by atoms with E-state index in [9.17, 15) is 4.79 Å².